The number of likely N-dealkylation sites (tertiary alicyclic amines) is 1. The molecule has 0 saturated carbocycles. The van der Waals surface area contributed by atoms with Crippen LogP contribution in [0.4, 0.5) is 4.79 Å². The second-order valence-electron chi connectivity index (χ2n) is 8.45. The zero-order valence-electron chi connectivity index (χ0n) is 16.7. The maximum atomic E-state index is 12.5. The Labute approximate surface area is 160 Å². The summed E-state index contributed by atoms with van der Waals surface area (Å²) in [6.07, 6.45) is 5.48. The first-order valence-corrected chi connectivity index (χ1v) is 10.00. The van der Waals surface area contributed by atoms with Crippen molar-refractivity contribution in [2.75, 3.05) is 13.1 Å². The van der Waals surface area contributed by atoms with E-state index in [1.54, 1.807) is 4.90 Å². The molecule has 1 aromatic heterocycles. The number of aryl methyl sites for hydroxylation is 1. The predicted molar refractivity (Wildman–Crippen MR) is 100.0 cm³/mol. The number of aromatic nitrogens is 3. The largest absolute Gasteiger partial charge is 0.444 e. The van der Waals surface area contributed by atoms with Gasteiger partial charge >= 0.3 is 6.09 Å². The number of ether oxygens (including phenoxy) is 1. The van der Waals surface area contributed by atoms with Gasteiger partial charge in [0.05, 0.1) is 6.54 Å². The van der Waals surface area contributed by atoms with Gasteiger partial charge in [-0.15, -0.1) is 10.2 Å². The van der Waals surface area contributed by atoms with E-state index < -0.39 is 5.60 Å². The highest BCUT2D eigenvalue weighted by Gasteiger charge is 2.30. The molecule has 0 aliphatic carbocycles. The first kappa shape index (κ1) is 19.6. The number of carbonyl (C=O) groups is 2. The standard InChI is InChI=1S/C19H31N5O3/c1-19(2,3)27-18(26)23-11-8-14(9-12-23)17(25)20-13-16-22-21-15-7-5-4-6-10-24(15)16/h14H,4-13H2,1-3H3,(H,20,25). The third-order valence-electron chi connectivity index (χ3n) is 5.12. The van der Waals surface area contributed by atoms with Gasteiger partial charge < -0.3 is 19.5 Å². The van der Waals surface area contributed by atoms with Gasteiger partial charge in [0.2, 0.25) is 5.91 Å². The van der Waals surface area contributed by atoms with E-state index in [9.17, 15) is 9.59 Å². The Morgan fingerprint density at radius 1 is 1.11 bits per heavy atom. The van der Waals surface area contributed by atoms with E-state index >= 15 is 0 Å². The van der Waals surface area contributed by atoms with Gasteiger partial charge in [0.25, 0.3) is 0 Å². The molecule has 2 aliphatic heterocycles. The number of fused-ring (bicyclic) bond motifs is 1. The first-order chi connectivity index (χ1) is 12.8. The number of rotatable bonds is 3. The average molecular weight is 377 g/mol. The summed E-state index contributed by atoms with van der Waals surface area (Å²) in [7, 11) is 0. The molecule has 0 atom stereocenters. The van der Waals surface area contributed by atoms with Crippen LogP contribution in [-0.4, -0.2) is 50.4 Å². The zero-order valence-corrected chi connectivity index (χ0v) is 16.7. The molecule has 0 spiro atoms. The van der Waals surface area contributed by atoms with Crippen molar-refractivity contribution in [1.29, 1.82) is 0 Å². The molecule has 0 bridgehead atoms. The predicted octanol–water partition coefficient (Wildman–Crippen LogP) is 2.27. The lowest BCUT2D eigenvalue weighted by Gasteiger charge is -2.32. The van der Waals surface area contributed by atoms with Crippen molar-refractivity contribution in [3.63, 3.8) is 0 Å². The molecule has 150 valence electrons. The van der Waals surface area contributed by atoms with Crippen molar-refractivity contribution in [2.24, 2.45) is 5.92 Å². The van der Waals surface area contributed by atoms with Gasteiger partial charge in [-0.3, -0.25) is 4.79 Å². The molecule has 27 heavy (non-hydrogen) atoms. The molecule has 2 aliphatic rings. The van der Waals surface area contributed by atoms with Crippen molar-refractivity contribution in [3.05, 3.63) is 11.6 Å². The summed E-state index contributed by atoms with van der Waals surface area (Å²) >= 11 is 0. The highest BCUT2D eigenvalue weighted by Crippen LogP contribution is 2.20. The zero-order chi connectivity index (χ0) is 19.4. The van der Waals surface area contributed by atoms with E-state index in [0.29, 0.717) is 32.5 Å². The molecule has 8 heteroatoms. The van der Waals surface area contributed by atoms with Crippen LogP contribution in [0.3, 0.4) is 0 Å². The lowest BCUT2D eigenvalue weighted by atomic mass is 9.96. The van der Waals surface area contributed by atoms with Crippen LogP contribution in [0.25, 0.3) is 0 Å². The van der Waals surface area contributed by atoms with Crippen LogP contribution in [0, 0.1) is 5.92 Å². The Kier molecular flexibility index (Phi) is 6.01. The van der Waals surface area contributed by atoms with E-state index in [-0.39, 0.29) is 17.9 Å². The Balaban J connectivity index is 1.46. The third-order valence-corrected chi connectivity index (χ3v) is 5.12. The number of piperidine rings is 1. The number of hydrogen-bond donors (Lipinski definition) is 1. The van der Waals surface area contributed by atoms with Gasteiger partial charge in [-0.25, -0.2) is 4.79 Å². The van der Waals surface area contributed by atoms with Crippen molar-refractivity contribution in [2.45, 2.75) is 78.0 Å². The summed E-state index contributed by atoms with van der Waals surface area (Å²) in [5.41, 5.74) is -0.498. The fraction of sp³-hybridized carbons (Fsp3) is 0.789. The maximum Gasteiger partial charge on any atom is 0.410 e. The lowest BCUT2D eigenvalue weighted by Crippen LogP contribution is -2.44. The van der Waals surface area contributed by atoms with E-state index in [1.165, 1.54) is 6.42 Å². The van der Waals surface area contributed by atoms with Crippen LogP contribution < -0.4 is 5.32 Å². The minimum atomic E-state index is -0.498. The Bertz CT molecular complexity index is 671. The topological polar surface area (TPSA) is 89.3 Å². The average Bonchev–Trinajstić information content (AvgIpc) is 2.84. The molecule has 0 aromatic carbocycles. The lowest BCUT2D eigenvalue weighted by molar-refractivity contribution is -0.126. The van der Waals surface area contributed by atoms with Crippen LogP contribution in [0.2, 0.25) is 0 Å². The minimum Gasteiger partial charge on any atom is -0.444 e. The van der Waals surface area contributed by atoms with Crippen LogP contribution >= 0.6 is 0 Å². The fourth-order valence-corrected chi connectivity index (χ4v) is 3.64. The molecular weight excluding hydrogens is 346 g/mol. The summed E-state index contributed by atoms with van der Waals surface area (Å²) in [6.45, 7) is 8.02. The van der Waals surface area contributed by atoms with Gasteiger partial charge in [-0.05, 0) is 46.5 Å². The molecule has 1 aromatic rings. The fourth-order valence-electron chi connectivity index (χ4n) is 3.64. The number of hydrogen-bond acceptors (Lipinski definition) is 5. The normalized spacial score (nSPS) is 18.6. The highest BCUT2D eigenvalue weighted by atomic mass is 16.6. The number of nitrogens with one attached hydrogen (secondary N) is 1. The second-order valence-corrected chi connectivity index (χ2v) is 8.45. The van der Waals surface area contributed by atoms with Crippen LogP contribution in [0.5, 0.6) is 0 Å². The number of nitrogens with zero attached hydrogens (tertiary/aromatic N) is 4. The van der Waals surface area contributed by atoms with Gasteiger partial charge in [0, 0.05) is 32.0 Å². The minimum absolute atomic E-state index is 0.0322. The summed E-state index contributed by atoms with van der Waals surface area (Å²) in [4.78, 5) is 26.3. The first-order valence-electron chi connectivity index (χ1n) is 10.00. The van der Waals surface area contributed by atoms with Gasteiger partial charge in [-0.1, -0.05) is 6.42 Å². The molecule has 1 fully saturated rings. The summed E-state index contributed by atoms with van der Waals surface area (Å²) in [5, 5.41) is 11.5. The van der Waals surface area contributed by atoms with E-state index in [2.05, 4.69) is 20.1 Å². The van der Waals surface area contributed by atoms with Crippen LogP contribution in [-0.2, 0) is 29.0 Å². The SMILES string of the molecule is CC(C)(C)OC(=O)N1CCC(C(=O)NCc2nnc3n2CCCCC3)CC1. The quantitative estimate of drug-likeness (QED) is 0.873. The molecule has 0 unspecified atom stereocenters. The molecule has 3 rings (SSSR count). The van der Waals surface area contributed by atoms with E-state index in [0.717, 1.165) is 37.5 Å². The van der Waals surface area contributed by atoms with Crippen molar-refractivity contribution < 1.29 is 14.3 Å². The molecule has 8 nitrogen and oxygen atoms in total. The Hall–Kier alpha value is -2.12. The molecule has 1 N–H and O–H groups in total. The maximum absolute atomic E-state index is 12.5. The van der Waals surface area contributed by atoms with E-state index in [1.807, 2.05) is 20.8 Å². The van der Waals surface area contributed by atoms with Crippen LogP contribution in [0.1, 0.15) is 64.5 Å². The molecule has 1 saturated heterocycles. The van der Waals surface area contributed by atoms with Crippen molar-refractivity contribution in [3.8, 4) is 0 Å². The summed E-state index contributed by atoms with van der Waals surface area (Å²) < 4.78 is 7.55. The molecular formula is C19H31N5O3. The summed E-state index contributed by atoms with van der Waals surface area (Å²) in [6, 6.07) is 0. The van der Waals surface area contributed by atoms with Gasteiger partial charge in [0.15, 0.2) is 5.82 Å². The second kappa shape index (κ2) is 8.27. The van der Waals surface area contributed by atoms with Crippen LogP contribution in [0.15, 0.2) is 0 Å². The Morgan fingerprint density at radius 3 is 2.56 bits per heavy atom. The molecule has 3 heterocycles. The third kappa shape index (κ3) is 5.20. The molecule has 0 radical (unpaired) electrons. The number of amides is 2. The molecule has 2 amide bonds. The highest BCUT2D eigenvalue weighted by molar-refractivity contribution is 5.79. The summed E-state index contributed by atoms with van der Waals surface area (Å²) in [5.74, 6) is 1.83. The monoisotopic (exact) mass is 377 g/mol. The van der Waals surface area contributed by atoms with Crippen molar-refractivity contribution >= 4 is 12.0 Å². The van der Waals surface area contributed by atoms with Gasteiger partial charge in [-0.2, -0.15) is 0 Å². The smallest absolute Gasteiger partial charge is 0.410 e. The van der Waals surface area contributed by atoms with E-state index in [4.69, 9.17) is 4.74 Å². The van der Waals surface area contributed by atoms with Crippen molar-refractivity contribution in [1.82, 2.24) is 25.0 Å². The Morgan fingerprint density at radius 2 is 1.85 bits per heavy atom. The van der Waals surface area contributed by atoms with Gasteiger partial charge in [0.1, 0.15) is 11.4 Å². The number of carbonyl (C=O) groups excluding carboxylic acids is 2.